The number of aliphatic hydroxyl groups excluding tert-OH is 1. The summed E-state index contributed by atoms with van der Waals surface area (Å²) in [6, 6.07) is 3.38. The molecule has 2 heterocycles. The van der Waals surface area contributed by atoms with E-state index in [0.717, 1.165) is 6.21 Å². The van der Waals surface area contributed by atoms with Gasteiger partial charge in [-0.1, -0.05) is 6.07 Å². The number of aliphatic hydroxyl groups is 2. The van der Waals surface area contributed by atoms with Gasteiger partial charge in [-0.2, -0.15) is 0 Å². The first-order valence-corrected chi connectivity index (χ1v) is 5.24. The largest absolute Gasteiger partial charge is 0.504 e. The van der Waals surface area contributed by atoms with Crippen molar-refractivity contribution in [3.05, 3.63) is 33.8 Å². The number of nitrogens with zero attached hydrogens (tertiary/aromatic N) is 1. The molecule has 0 aromatic carbocycles. The lowest BCUT2D eigenvalue weighted by molar-refractivity contribution is -0.116. The lowest BCUT2D eigenvalue weighted by Crippen LogP contribution is -2.46. The number of carbonyl (C=O) groups excluding carboxylic acids is 1. The molecule has 84 valence electrons. The molecule has 1 aliphatic heterocycles. The first-order valence-electron chi connectivity index (χ1n) is 4.36. The van der Waals surface area contributed by atoms with Crippen molar-refractivity contribution >= 4 is 23.5 Å². The Kier molecular flexibility index (Phi) is 2.41. The van der Waals surface area contributed by atoms with Gasteiger partial charge in [0, 0.05) is 0 Å². The fourth-order valence-corrected chi connectivity index (χ4v) is 2.01. The Labute approximate surface area is 94.7 Å². The molecule has 0 saturated heterocycles. The average molecular weight is 239 g/mol. The van der Waals surface area contributed by atoms with Crippen LogP contribution in [0.5, 0.6) is 0 Å². The van der Waals surface area contributed by atoms with Gasteiger partial charge in [0.2, 0.25) is 0 Å². The van der Waals surface area contributed by atoms with E-state index in [-0.39, 0.29) is 5.70 Å². The van der Waals surface area contributed by atoms with Gasteiger partial charge in [-0.05, 0) is 11.4 Å². The van der Waals surface area contributed by atoms with Gasteiger partial charge in [0.25, 0.3) is 11.8 Å². The third-order valence-corrected chi connectivity index (χ3v) is 3.01. The van der Waals surface area contributed by atoms with Crippen LogP contribution >= 0.6 is 11.3 Å². The van der Waals surface area contributed by atoms with Crippen LogP contribution in [-0.2, 0) is 10.6 Å². The number of hydrogen-bond acceptors (Lipinski definition) is 6. The van der Waals surface area contributed by atoms with Crippen molar-refractivity contribution in [3.8, 4) is 0 Å². The lowest BCUT2D eigenvalue weighted by Gasteiger charge is -2.28. The molecule has 0 aliphatic carbocycles. The fraction of sp³-hybridized carbons (Fsp3) is 0.111. The summed E-state index contributed by atoms with van der Waals surface area (Å²) >= 11 is 1.26. The van der Waals surface area contributed by atoms with Crippen LogP contribution in [0.15, 0.2) is 34.0 Å². The number of primary amides is 1. The third-order valence-electron chi connectivity index (χ3n) is 2.04. The van der Waals surface area contributed by atoms with Crippen molar-refractivity contribution in [1.82, 2.24) is 5.32 Å². The minimum Gasteiger partial charge on any atom is -0.504 e. The topological polar surface area (TPSA) is 108 Å². The van der Waals surface area contributed by atoms with E-state index in [1.807, 2.05) is 0 Å². The SMILES string of the molecule is NC(=O)C1=C(O)C=NC(O)(c2cccs2)N1. The summed E-state index contributed by atoms with van der Waals surface area (Å²) in [5.74, 6) is -3.00. The molecule has 16 heavy (non-hydrogen) atoms. The molecule has 0 bridgehead atoms. The third kappa shape index (κ3) is 1.66. The number of thiophene rings is 1. The van der Waals surface area contributed by atoms with E-state index in [9.17, 15) is 15.0 Å². The first kappa shape index (κ1) is 10.7. The highest BCUT2D eigenvalue weighted by molar-refractivity contribution is 7.10. The van der Waals surface area contributed by atoms with Crippen molar-refractivity contribution in [2.75, 3.05) is 0 Å². The van der Waals surface area contributed by atoms with Crippen LogP contribution in [0.1, 0.15) is 4.88 Å². The van der Waals surface area contributed by atoms with Crippen molar-refractivity contribution in [2.45, 2.75) is 5.85 Å². The molecule has 0 fully saturated rings. The van der Waals surface area contributed by atoms with Gasteiger partial charge in [-0.25, -0.2) is 4.99 Å². The second-order valence-corrected chi connectivity index (χ2v) is 4.10. The number of aliphatic imine (C=N–C) groups is 1. The molecule has 0 radical (unpaired) electrons. The second-order valence-electron chi connectivity index (χ2n) is 3.16. The summed E-state index contributed by atoms with van der Waals surface area (Å²) in [5.41, 5.74) is 4.78. The fourth-order valence-electron chi connectivity index (χ4n) is 1.28. The van der Waals surface area contributed by atoms with E-state index in [0.29, 0.717) is 4.88 Å². The predicted octanol–water partition coefficient (Wildman–Crippen LogP) is -0.220. The molecule has 1 unspecified atom stereocenters. The summed E-state index contributed by atoms with van der Waals surface area (Å²) in [6.45, 7) is 0. The Bertz CT molecular complexity index is 480. The smallest absolute Gasteiger partial charge is 0.272 e. The molecule has 2 rings (SSSR count). The number of hydrogen-bond donors (Lipinski definition) is 4. The molecule has 0 saturated carbocycles. The average Bonchev–Trinajstić information content (AvgIpc) is 2.75. The van der Waals surface area contributed by atoms with Crippen molar-refractivity contribution in [2.24, 2.45) is 10.7 Å². The number of allylic oxidation sites excluding steroid dienone is 1. The summed E-state index contributed by atoms with van der Waals surface area (Å²) in [7, 11) is 0. The van der Waals surface area contributed by atoms with E-state index in [2.05, 4.69) is 10.3 Å². The summed E-state index contributed by atoms with van der Waals surface area (Å²) in [6.07, 6.45) is 0.996. The molecule has 5 N–H and O–H groups in total. The molecular weight excluding hydrogens is 230 g/mol. The molecule has 1 amide bonds. The highest BCUT2D eigenvalue weighted by Gasteiger charge is 2.35. The van der Waals surface area contributed by atoms with Gasteiger partial charge in [-0.15, -0.1) is 11.3 Å². The number of nitrogens with one attached hydrogen (secondary N) is 1. The maximum absolute atomic E-state index is 11.0. The van der Waals surface area contributed by atoms with Crippen molar-refractivity contribution in [1.29, 1.82) is 0 Å². The quantitative estimate of drug-likeness (QED) is 0.572. The highest BCUT2D eigenvalue weighted by atomic mass is 32.1. The van der Waals surface area contributed by atoms with Crippen LogP contribution < -0.4 is 11.1 Å². The normalized spacial score (nSPS) is 24.3. The molecule has 1 aromatic rings. The number of carbonyl (C=O) groups is 1. The highest BCUT2D eigenvalue weighted by Crippen LogP contribution is 2.27. The van der Waals surface area contributed by atoms with Gasteiger partial charge in [0.1, 0.15) is 5.70 Å². The van der Waals surface area contributed by atoms with Crippen LogP contribution in [0.25, 0.3) is 0 Å². The Morgan fingerprint density at radius 3 is 2.94 bits per heavy atom. The zero-order valence-electron chi connectivity index (χ0n) is 8.04. The van der Waals surface area contributed by atoms with Gasteiger partial charge in [0.15, 0.2) is 5.76 Å². The standard InChI is InChI=1S/C9H9N3O3S/c10-8(14)7-5(13)4-11-9(15,12-7)6-2-1-3-16-6/h1-4,12-13,15H,(H2,10,14). The Morgan fingerprint density at radius 2 is 2.38 bits per heavy atom. The minimum absolute atomic E-state index is 0.258. The van der Waals surface area contributed by atoms with Crippen LogP contribution in [0.4, 0.5) is 0 Å². The van der Waals surface area contributed by atoms with Crippen LogP contribution in [0, 0.1) is 0 Å². The number of amides is 1. The second kappa shape index (κ2) is 3.62. The zero-order chi connectivity index (χ0) is 11.8. The van der Waals surface area contributed by atoms with Crippen molar-refractivity contribution < 1.29 is 15.0 Å². The van der Waals surface area contributed by atoms with Crippen LogP contribution in [0.3, 0.4) is 0 Å². The predicted molar refractivity (Wildman–Crippen MR) is 58.7 cm³/mol. The molecule has 1 aliphatic rings. The van der Waals surface area contributed by atoms with E-state index in [4.69, 9.17) is 5.73 Å². The Balaban J connectivity index is 2.38. The van der Waals surface area contributed by atoms with Gasteiger partial charge in [-0.3, -0.25) is 4.79 Å². The van der Waals surface area contributed by atoms with Gasteiger partial charge < -0.3 is 21.3 Å². The maximum Gasteiger partial charge on any atom is 0.272 e. The zero-order valence-corrected chi connectivity index (χ0v) is 8.86. The minimum atomic E-state index is -1.75. The van der Waals surface area contributed by atoms with Crippen LogP contribution in [0.2, 0.25) is 0 Å². The van der Waals surface area contributed by atoms with Gasteiger partial charge >= 0.3 is 0 Å². The Morgan fingerprint density at radius 1 is 1.62 bits per heavy atom. The van der Waals surface area contributed by atoms with E-state index >= 15 is 0 Å². The number of nitrogens with two attached hydrogens (primary N) is 1. The monoisotopic (exact) mass is 239 g/mol. The molecule has 6 nitrogen and oxygen atoms in total. The maximum atomic E-state index is 11.0. The molecular formula is C9H9N3O3S. The number of rotatable bonds is 2. The van der Waals surface area contributed by atoms with E-state index in [1.165, 1.54) is 11.3 Å². The van der Waals surface area contributed by atoms with Crippen molar-refractivity contribution in [3.63, 3.8) is 0 Å². The molecule has 1 aromatic heterocycles. The Hall–Kier alpha value is -1.86. The van der Waals surface area contributed by atoms with E-state index < -0.39 is 17.5 Å². The first-order chi connectivity index (χ1) is 7.53. The van der Waals surface area contributed by atoms with Gasteiger partial charge in [0.05, 0.1) is 11.1 Å². The van der Waals surface area contributed by atoms with E-state index in [1.54, 1.807) is 17.5 Å². The summed E-state index contributed by atoms with van der Waals surface area (Å²) in [4.78, 5) is 15.2. The molecule has 7 heteroatoms. The molecule has 0 spiro atoms. The van der Waals surface area contributed by atoms with Crippen LogP contribution in [-0.4, -0.2) is 22.3 Å². The summed E-state index contributed by atoms with van der Waals surface area (Å²) in [5, 5.41) is 23.6. The molecule has 1 atom stereocenters. The lowest BCUT2D eigenvalue weighted by atomic mass is 10.2. The summed E-state index contributed by atoms with van der Waals surface area (Å²) < 4.78 is 0.